The van der Waals surface area contributed by atoms with Gasteiger partial charge in [0.15, 0.2) is 10.8 Å². The van der Waals surface area contributed by atoms with Gasteiger partial charge in [-0.2, -0.15) is 0 Å². The van der Waals surface area contributed by atoms with Gasteiger partial charge < -0.3 is 19.5 Å². The van der Waals surface area contributed by atoms with E-state index in [0.717, 1.165) is 51.7 Å². The number of aliphatic carboxylic acids is 1. The van der Waals surface area contributed by atoms with Crippen molar-refractivity contribution in [3.8, 4) is 16.9 Å². The van der Waals surface area contributed by atoms with Crippen LogP contribution in [0.15, 0.2) is 72.8 Å². The lowest BCUT2D eigenvalue weighted by atomic mass is 9.94. The lowest BCUT2D eigenvalue weighted by molar-refractivity contribution is -0.137. The molecular weight excluding hydrogens is 677 g/mol. The Hall–Kier alpha value is -5.29. The first kappa shape index (κ1) is 36.5. The molecule has 3 heterocycles. The van der Waals surface area contributed by atoms with Crippen molar-refractivity contribution in [3.05, 3.63) is 101 Å². The minimum Gasteiger partial charge on any atom is -0.493 e. The maximum Gasteiger partial charge on any atom is 0.358 e. The molecule has 0 spiro atoms. The Morgan fingerprint density at radius 2 is 1.69 bits per heavy atom. The number of para-hydroxylation sites is 1. The molecule has 0 saturated heterocycles. The zero-order valence-corrected chi connectivity index (χ0v) is 30.8. The number of pyridine rings is 1. The van der Waals surface area contributed by atoms with E-state index in [-0.39, 0.29) is 18.0 Å². The predicted octanol–water partition coefficient (Wildman–Crippen LogP) is 8.85. The van der Waals surface area contributed by atoms with Crippen molar-refractivity contribution in [2.24, 2.45) is 0 Å². The number of hydrogen-bond acceptors (Lipinski definition) is 9. The molecule has 11 heteroatoms. The van der Waals surface area contributed by atoms with Crippen LogP contribution in [0.25, 0.3) is 21.3 Å². The van der Waals surface area contributed by atoms with Gasteiger partial charge in [-0.3, -0.25) is 14.9 Å². The van der Waals surface area contributed by atoms with Crippen LogP contribution in [0.1, 0.15) is 90.4 Å². The highest BCUT2D eigenvalue weighted by atomic mass is 32.1. The van der Waals surface area contributed by atoms with Crippen molar-refractivity contribution in [2.45, 2.75) is 78.4 Å². The second kappa shape index (κ2) is 15.9. The number of rotatable bonds is 13. The normalized spacial score (nSPS) is 12.7. The molecule has 0 bridgehead atoms. The Bertz CT molecular complexity index is 2070. The van der Waals surface area contributed by atoms with E-state index < -0.39 is 17.5 Å². The Kier molecular flexibility index (Phi) is 11.2. The van der Waals surface area contributed by atoms with E-state index in [4.69, 9.17) is 19.6 Å². The number of thiazole rings is 1. The minimum atomic E-state index is -0.770. The summed E-state index contributed by atoms with van der Waals surface area (Å²) in [5.41, 5.74) is 5.26. The van der Waals surface area contributed by atoms with Crippen molar-refractivity contribution in [1.29, 1.82) is 0 Å². The number of esters is 1. The number of carbonyl (C=O) groups excluding carboxylic acids is 2. The molecule has 1 aliphatic rings. The molecule has 0 unspecified atom stereocenters. The first-order valence-corrected chi connectivity index (χ1v) is 18.5. The maximum absolute atomic E-state index is 13.8. The Labute approximate surface area is 307 Å². The monoisotopic (exact) mass is 720 g/mol. The second-order valence-electron chi connectivity index (χ2n) is 14.0. The average Bonchev–Trinajstić information content (AvgIpc) is 3.52. The third-order valence-corrected chi connectivity index (χ3v) is 9.90. The lowest BCUT2D eigenvalue weighted by Gasteiger charge is -2.31. The number of fused-ring (bicyclic) bond motifs is 2. The van der Waals surface area contributed by atoms with E-state index in [1.807, 2.05) is 94.4 Å². The van der Waals surface area contributed by atoms with Gasteiger partial charge in [0.1, 0.15) is 17.2 Å². The third-order valence-electron chi connectivity index (χ3n) is 8.95. The summed E-state index contributed by atoms with van der Waals surface area (Å²) in [6.07, 6.45) is 4.09. The van der Waals surface area contributed by atoms with Gasteiger partial charge >= 0.3 is 11.9 Å². The highest BCUT2D eigenvalue weighted by Gasteiger charge is 2.28. The maximum atomic E-state index is 13.8. The van der Waals surface area contributed by atoms with Gasteiger partial charge in [0.2, 0.25) is 0 Å². The van der Waals surface area contributed by atoms with Crippen LogP contribution in [0.3, 0.4) is 0 Å². The van der Waals surface area contributed by atoms with E-state index in [0.29, 0.717) is 60.4 Å². The summed E-state index contributed by atoms with van der Waals surface area (Å²) in [6, 6.07) is 23.2. The topological polar surface area (TPSA) is 131 Å². The summed E-state index contributed by atoms with van der Waals surface area (Å²) in [5.74, 6) is -0.180. The van der Waals surface area contributed by atoms with Crippen LogP contribution in [0.5, 0.6) is 5.75 Å². The molecule has 6 rings (SSSR count). The zero-order chi connectivity index (χ0) is 36.8. The first-order valence-electron chi connectivity index (χ1n) is 17.7. The lowest BCUT2D eigenvalue weighted by Crippen LogP contribution is -2.33. The molecule has 1 aliphatic heterocycles. The zero-order valence-electron chi connectivity index (χ0n) is 30.0. The molecule has 52 heavy (non-hydrogen) atoms. The fourth-order valence-electron chi connectivity index (χ4n) is 6.38. The standard InChI is InChI=1S/C41H44N4O6S/c1-26-28(14-12-17-33(26)50-24-10-6-5-7-19-36(46)47)29-20-21-35(43-37(29)39(49)51-41(2,3)4)45-23-22-27-13-11-15-30(31(27)25-45)38(48)44-40-42-32-16-8-9-18-34(32)52-40/h8-9,11-18,20-21H,5-7,10,19,22-25H2,1-4H3,(H,46,47)(H,42,44,48). The molecule has 0 radical (unpaired) electrons. The van der Waals surface area contributed by atoms with Gasteiger partial charge in [0.05, 0.1) is 16.8 Å². The van der Waals surface area contributed by atoms with Crippen LogP contribution in [0.4, 0.5) is 10.9 Å². The van der Waals surface area contributed by atoms with Crippen LogP contribution in [0, 0.1) is 6.92 Å². The summed E-state index contributed by atoms with van der Waals surface area (Å²) in [6.45, 7) is 9.07. The van der Waals surface area contributed by atoms with E-state index in [1.54, 1.807) is 0 Å². The Morgan fingerprint density at radius 1 is 0.904 bits per heavy atom. The van der Waals surface area contributed by atoms with Crippen LogP contribution < -0.4 is 15.0 Å². The molecule has 1 amide bonds. The molecule has 3 aromatic carbocycles. The molecule has 2 N–H and O–H groups in total. The molecule has 2 aromatic heterocycles. The Balaban J connectivity index is 1.24. The van der Waals surface area contributed by atoms with E-state index in [9.17, 15) is 14.4 Å². The first-order chi connectivity index (χ1) is 25.0. The highest BCUT2D eigenvalue weighted by Crippen LogP contribution is 2.35. The number of carboxylic acid groups (broad SMARTS) is 1. The molecule has 10 nitrogen and oxygen atoms in total. The van der Waals surface area contributed by atoms with E-state index in [2.05, 4.69) is 21.3 Å². The predicted molar refractivity (Wildman–Crippen MR) is 205 cm³/mol. The van der Waals surface area contributed by atoms with Gasteiger partial charge in [-0.25, -0.2) is 14.8 Å². The number of hydrogen-bond donors (Lipinski definition) is 2. The van der Waals surface area contributed by atoms with E-state index in [1.165, 1.54) is 11.3 Å². The van der Waals surface area contributed by atoms with Gasteiger partial charge in [-0.05, 0) is 106 Å². The molecule has 0 atom stereocenters. The number of aromatic nitrogens is 2. The SMILES string of the molecule is Cc1c(OCCCCCCC(=O)O)cccc1-c1ccc(N2CCc3cccc(C(=O)Nc4nc5ccccc5s4)c3C2)nc1C(=O)OC(C)(C)C. The van der Waals surface area contributed by atoms with Crippen molar-refractivity contribution >= 4 is 50.3 Å². The van der Waals surface area contributed by atoms with Gasteiger partial charge in [-0.15, -0.1) is 0 Å². The van der Waals surface area contributed by atoms with Crippen LogP contribution in [-0.4, -0.2) is 51.7 Å². The van der Waals surface area contributed by atoms with Gasteiger partial charge in [0.25, 0.3) is 5.91 Å². The van der Waals surface area contributed by atoms with Crippen LogP contribution >= 0.6 is 11.3 Å². The molecule has 0 saturated carbocycles. The number of ether oxygens (including phenoxy) is 2. The van der Waals surface area contributed by atoms with Crippen molar-refractivity contribution < 1.29 is 29.0 Å². The summed E-state index contributed by atoms with van der Waals surface area (Å²) in [5, 5.41) is 12.4. The molecule has 270 valence electrons. The van der Waals surface area contributed by atoms with Gasteiger partial charge in [-0.1, -0.05) is 60.6 Å². The average molecular weight is 721 g/mol. The van der Waals surface area contributed by atoms with Crippen molar-refractivity contribution in [1.82, 2.24) is 9.97 Å². The summed E-state index contributed by atoms with van der Waals surface area (Å²) < 4.78 is 13.0. The number of amides is 1. The molecule has 5 aromatic rings. The third kappa shape index (κ3) is 8.77. The number of carbonyl (C=O) groups is 3. The number of nitrogens with zero attached hydrogens (tertiary/aromatic N) is 3. The molecule has 0 fully saturated rings. The van der Waals surface area contributed by atoms with Crippen molar-refractivity contribution in [3.63, 3.8) is 0 Å². The highest BCUT2D eigenvalue weighted by molar-refractivity contribution is 7.22. The fourth-order valence-corrected chi connectivity index (χ4v) is 7.24. The number of carboxylic acids is 1. The van der Waals surface area contributed by atoms with Crippen molar-refractivity contribution in [2.75, 3.05) is 23.4 Å². The summed E-state index contributed by atoms with van der Waals surface area (Å²) >= 11 is 1.44. The number of unbranched alkanes of at least 4 members (excludes halogenated alkanes) is 3. The number of nitrogens with one attached hydrogen (secondary N) is 1. The molecule has 0 aliphatic carbocycles. The Morgan fingerprint density at radius 3 is 2.48 bits per heavy atom. The van der Waals surface area contributed by atoms with Crippen LogP contribution in [0.2, 0.25) is 0 Å². The fraction of sp³-hybridized carbons (Fsp3) is 0.341. The second-order valence-corrected chi connectivity index (χ2v) is 15.0. The number of benzene rings is 3. The smallest absolute Gasteiger partial charge is 0.358 e. The van der Waals surface area contributed by atoms with E-state index >= 15 is 0 Å². The van der Waals surface area contributed by atoms with Crippen LogP contribution in [-0.2, 0) is 22.5 Å². The quantitative estimate of drug-likeness (QED) is 0.0905. The minimum absolute atomic E-state index is 0.184. The largest absolute Gasteiger partial charge is 0.493 e. The van der Waals surface area contributed by atoms with Gasteiger partial charge in [0, 0.05) is 30.6 Å². The molecular formula is C41H44N4O6S. The summed E-state index contributed by atoms with van der Waals surface area (Å²) in [4.78, 5) is 49.8. The number of anilines is 2. The summed E-state index contributed by atoms with van der Waals surface area (Å²) in [7, 11) is 0.